The van der Waals surface area contributed by atoms with Crippen LogP contribution < -0.4 is 22.1 Å². The van der Waals surface area contributed by atoms with E-state index in [9.17, 15) is 0 Å². The standard InChI is InChI=1S/C5H16N4/c1-4(8-6)5(2)9-7-3/h4-5,7-9H,6H2,1-3H3. The molecule has 0 aliphatic rings. The zero-order valence-electron chi connectivity index (χ0n) is 6.23. The first-order valence-corrected chi connectivity index (χ1v) is 3.10. The van der Waals surface area contributed by atoms with Gasteiger partial charge < -0.3 is 0 Å². The van der Waals surface area contributed by atoms with Gasteiger partial charge in [-0.05, 0) is 20.9 Å². The lowest BCUT2D eigenvalue weighted by molar-refractivity contribution is 0.386. The SMILES string of the molecule is CNNC(C)C(C)NN. The lowest BCUT2D eigenvalue weighted by Crippen LogP contribution is -2.50. The fourth-order valence-electron chi connectivity index (χ4n) is 0.497. The van der Waals surface area contributed by atoms with Crippen LogP contribution in [0.1, 0.15) is 13.8 Å². The summed E-state index contributed by atoms with van der Waals surface area (Å²) >= 11 is 0. The molecule has 0 aliphatic heterocycles. The molecular formula is C5H16N4. The molecule has 0 saturated carbocycles. The number of rotatable bonds is 4. The predicted octanol–water partition coefficient (Wildman–Crippen LogP) is -1.05. The van der Waals surface area contributed by atoms with Crippen molar-refractivity contribution in [2.24, 2.45) is 5.84 Å². The van der Waals surface area contributed by atoms with Crippen LogP contribution in [-0.4, -0.2) is 19.1 Å². The summed E-state index contributed by atoms with van der Waals surface area (Å²) in [6, 6.07) is 0.609. The third-order valence-corrected chi connectivity index (χ3v) is 1.38. The van der Waals surface area contributed by atoms with Gasteiger partial charge in [-0.2, -0.15) is 0 Å². The molecule has 0 aliphatic carbocycles. The van der Waals surface area contributed by atoms with E-state index in [-0.39, 0.29) is 6.04 Å². The smallest absolute Gasteiger partial charge is 0.0348 e. The van der Waals surface area contributed by atoms with Crippen molar-refractivity contribution < 1.29 is 0 Å². The molecule has 9 heavy (non-hydrogen) atoms. The first kappa shape index (κ1) is 8.84. The number of hydrogen-bond donors (Lipinski definition) is 4. The molecule has 0 rings (SSSR count). The maximum Gasteiger partial charge on any atom is 0.0348 e. The molecule has 0 amide bonds. The first-order chi connectivity index (χ1) is 4.22. The number of hydrazine groups is 2. The molecule has 0 aromatic carbocycles. The van der Waals surface area contributed by atoms with Crippen molar-refractivity contribution >= 4 is 0 Å². The molecule has 56 valence electrons. The maximum atomic E-state index is 5.19. The van der Waals surface area contributed by atoms with Crippen LogP contribution in [0.5, 0.6) is 0 Å². The first-order valence-electron chi connectivity index (χ1n) is 3.10. The summed E-state index contributed by atoms with van der Waals surface area (Å²) in [5, 5.41) is 0. The zero-order chi connectivity index (χ0) is 7.28. The molecule has 2 atom stereocenters. The van der Waals surface area contributed by atoms with Crippen molar-refractivity contribution in [2.75, 3.05) is 7.05 Å². The summed E-state index contributed by atoms with van der Waals surface area (Å²) in [6.07, 6.45) is 0. The average Bonchev–Trinajstić information content (AvgIpc) is 1.87. The third-order valence-electron chi connectivity index (χ3n) is 1.38. The highest BCUT2D eigenvalue weighted by atomic mass is 15.4. The molecule has 0 bridgehead atoms. The van der Waals surface area contributed by atoms with E-state index in [1.807, 2.05) is 20.9 Å². The van der Waals surface area contributed by atoms with Crippen LogP contribution in [0.4, 0.5) is 0 Å². The molecule has 4 nitrogen and oxygen atoms in total. The van der Waals surface area contributed by atoms with Crippen LogP contribution in [0, 0.1) is 0 Å². The summed E-state index contributed by atoms with van der Waals surface area (Å²) in [7, 11) is 1.83. The zero-order valence-corrected chi connectivity index (χ0v) is 6.23. The Hall–Kier alpha value is -0.160. The van der Waals surface area contributed by atoms with E-state index in [0.29, 0.717) is 6.04 Å². The third kappa shape index (κ3) is 3.42. The molecule has 0 heterocycles. The molecule has 0 saturated heterocycles. The summed E-state index contributed by atoms with van der Waals surface area (Å²) in [4.78, 5) is 0. The highest BCUT2D eigenvalue weighted by Crippen LogP contribution is 1.85. The van der Waals surface area contributed by atoms with Gasteiger partial charge in [-0.25, -0.2) is 0 Å². The van der Waals surface area contributed by atoms with Crippen LogP contribution >= 0.6 is 0 Å². The lowest BCUT2D eigenvalue weighted by Gasteiger charge is -2.19. The van der Waals surface area contributed by atoms with E-state index < -0.39 is 0 Å². The van der Waals surface area contributed by atoms with Gasteiger partial charge in [0, 0.05) is 12.1 Å². The second kappa shape index (κ2) is 4.69. The van der Waals surface area contributed by atoms with Crippen LogP contribution in [0.15, 0.2) is 0 Å². The van der Waals surface area contributed by atoms with Gasteiger partial charge in [-0.15, -0.1) is 0 Å². The molecule has 0 radical (unpaired) electrons. The van der Waals surface area contributed by atoms with Crippen LogP contribution in [0.2, 0.25) is 0 Å². The van der Waals surface area contributed by atoms with Crippen molar-refractivity contribution in [3.8, 4) is 0 Å². The second-order valence-electron chi connectivity index (χ2n) is 2.14. The number of nitrogens with one attached hydrogen (secondary N) is 3. The van der Waals surface area contributed by atoms with Gasteiger partial charge in [0.1, 0.15) is 0 Å². The molecule has 0 spiro atoms. The molecule has 2 unspecified atom stereocenters. The Balaban J connectivity index is 3.32. The van der Waals surface area contributed by atoms with Crippen LogP contribution in [0.3, 0.4) is 0 Å². The molecule has 0 fully saturated rings. The average molecular weight is 132 g/mol. The maximum absolute atomic E-state index is 5.19. The predicted molar refractivity (Wildman–Crippen MR) is 38.4 cm³/mol. The monoisotopic (exact) mass is 132 g/mol. The summed E-state index contributed by atoms with van der Waals surface area (Å²) in [6.45, 7) is 4.05. The Morgan fingerprint density at radius 1 is 1.22 bits per heavy atom. The van der Waals surface area contributed by atoms with Gasteiger partial charge >= 0.3 is 0 Å². The van der Waals surface area contributed by atoms with Gasteiger partial charge in [-0.1, -0.05) is 0 Å². The Bertz CT molecular complexity index is 66.0. The van der Waals surface area contributed by atoms with Crippen molar-refractivity contribution in [1.82, 2.24) is 16.3 Å². The van der Waals surface area contributed by atoms with E-state index in [4.69, 9.17) is 5.84 Å². The Morgan fingerprint density at radius 3 is 2.11 bits per heavy atom. The Labute approximate surface area is 56.1 Å². The largest absolute Gasteiger partial charge is 0.271 e. The molecular weight excluding hydrogens is 116 g/mol. The Kier molecular flexibility index (Phi) is 4.61. The minimum atomic E-state index is 0.275. The van der Waals surface area contributed by atoms with Crippen molar-refractivity contribution in [3.63, 3.8) is 0 Å². The minimum Gasteiger partial charge on any atom is -0.271 e. The molecule has 0 aromatic heterocycles. The molecule has 4 heteroatoms. The minimum absolute atomic E-state index is 0.275. The van der Waals surface area contributed by atoms with E-state index in [1.165, 1.54) is 0 Å². The van der Waals surface area contributed by atoms with Crippen molar-refractivity contribution in [1.29, 1.82) is 0 Å². The van der Waals surface area contributed by atoms with E-state index >= 15 is 0 Å². The highest BCUT2D eigenvalue weighted by Gasteiger charge is 2.06. The number of nitrogens with two attached hydrogens (primary N) is 1. The van der Waals surface area contributed by atoms with Crippen LogP contribution in [-0.2, 0) is 0 Å². The normalized spacial score (nSPS) is 17.3. The molecule has 5 N–H and O–H groups in total. The van der Waals surface area contributed by atoms with E-state index in [0.717, 1.165) is 0 Å². The fraction of sp³-hybridized carbons (Fsp3) is 1.00. The Morgan fingerprint density at radius 2 is 1.78 bits per heavy atom. The van der Waals surface area contributed by atoms with E-state index in [2.05, 4.69) is 16.3 Å². The van der Waals surface area contributed by atoms with Gasteiger partial charge in [0.25, 0.3) is 0 Å². The van der Waals surface area contributed by atoms with Gasteiger partial charge in [0.05, 0.1) is 0 Å². The number of hydrogen-bond acceptors (Lipinski definition) is 4. The highest BCUT2D eigenvalue weighted by molar-refractivity contribution is 4.68. The van der Waals surface area contributed by atoms with Crippen molar-refractivity contribution in [2.45, 2.75) is 25.9 Å². The summed E-state index contributed by atoms with van der Waals surface area (Å²) in [5.41, 5.74) is 8.49. The van der Waals surface area contributed by atoms with Gasteiger partial charge in [0.2, 0.25) is 0 Å². The lowest BCUT2D eigenvalue weighted by atomic mass is 10.2. The van der Waals surface area contributed by atoms with Crippen LogP contribution in [0.25, 0.3) is 0 Å². The quantitative estimate of drug-likeness (QED) is 0.291. The van der Waals surface area contributed by atoms with Gasteiger partial charge in [-0.3, -0.25) is 22.1 Å². The molecule has 0 aromatic rings. The fourth-order valence-corrected chi connectivity index (χ4v) is 0.497. The second-order valence-corrected chi connectivity index (χ2v) is 2.14. The summed E-state index contributed by atoms with van der Waals surface area (Å²) in [5.74, 6) is 5.19. The summed E-state index contributed by atoms with van der Waals surface area (Å²) < 4.78 is 0. The topological polar surface area (TPSA) is 62.1 Å². The van der Waals surface area contributed by atoms with Gasteiger partial charge in [0.15, 0.2) is 0 Å². The van der Waals surface area contributed by atoms with E-state index in [1.54, 1.807) is 0 Å². The van der Waals surface area contributed by atoms with Crippen molar-refractivity contribution in [3.05, 3.63) is 0 Å².